The van der Waals surface area contributed by atoms with Gasteiger partial charge in [-0.2, -0.15) is 0 Å². The highest BCUT2D eigenvalue weighted by Gasteiger charge is 2.07. The molecular formula is C25H30N2O3. The quantitative estimate of drug-likeness (QED) is 0.433. The Hall–Kier alpha value is -3.05. The molecule has 3 aromatic rings. The summed E-state index contributed by atoms with van der Waals surface area (Å²) in [6, 6.07) is 20.1. The molecule has 0 amide bonds. The molecule has 3 rings (SSSR count). The van der Waals surface area contributed by atoms with Crippen LogP contribution in [0.15, 0.2) is 66.9 Å². The van der Waals surface area contributed by atoms with Crippen molar-refractivity contribution >= 4 is 0 Å². The lowest BCUT2D eigenvalue weighted by Crippen LogP contribution is -2.17. The highest BCUT2D eigenvalue weighted by molar-refractivity contribution is 5.43. The van der Waals surface area contributed by atoms with Crippen LogP contribution in [-0.4, -0.2) is 24.7 Å². The normalized spacial score (nSPS) is 10.6. The summed E-state index contributed by atoms with van der Waals surface area (Å²) >= 11 is 0. The Kier molecular flexibility index (Phi) is 8.54. The van der Waals surface area contributed by atoms with E-state index in [0.29, 0.717) is 25.7 Å². The van der Waals surface area contributed by atoms with E-state index in [1.807, 2.05) is 37.3 Å². The smallest absolute Gasteiger partial charge is 0.213 e. The van der Waals surface area contributed by atoms with Crippen LogP contribution >= 0.6 is 0 Å². The first-order valence-electron chi connectivity index (χ1n) is 10.4. The Morgan fingerprint density at radius 2 is 1.70 bits per heavy atom. The standard InChI is InChI=1S/C25H30N2O3/c1-3-28-24-17-22(18-26-14-6-16-29-25-7-4-5-15-27-25)12-13-23(24)30-19-21-10-8-20(2)9-11-21/h4-5,7-13,15,17,26H,3,6,14,16,18-19H2,1-2H3. The second kappa shape index (κ2) is 11.8. The number of pyridine rings is 1. The summed E-state index contributed by atoms with van der Waals surface area (Å²) in [5.41, 5.74) is 3.54. The van der Waals surface area contributed by atoms with Crippen molar-refractivity contribution in [2.75, 3.05) is 19.8 Å². The molecule has 0 bridgehead atoms. The molecule has 0 aliphatic heterocycles. The lowest BCUT2D eigenvalue weighted by molar-refractivity contribution is 0.269. The Bertz CT molecular complexity index is 883. The fourth-order valence-corrected chi connectivity index (χ4v) is 2.93. The van der Waals surface area contributed by atoms with E-state index < -0.39 is 0 Å². The minimum atomic E-state index is 0.522. The van der Waals surface area contributed by atoms with E-state index in [9.17, 15) is 0 Å². The largest absolute Gasteiger partial charge is 0.490 e. The second-order valence-corrected chi connectivity index (χ2v) is 7.04. The fourth-order valence-electron chi connectivity index (χ4n) is 2.93. The summed E-state index contributed by atoms with van der Waals surface area (Å²) in [5.74, 6) is 2.22. The van der Waals surface area contributed by atoms with Gasteiger partial charge < -0.3 is 19.5 Å². The fraction of sp³-hybridized carbons (Fsp3) is 0.320. The van der Waals surface area contributed by atoms with Crippen LogP contribution in [0, 0.1) is 6.92 Å². The van der Waals surface area contributed by atoms with E-state index in [-0.39, 0.29) is 0 Å². The van der Waals surface area contributed by atoms with Crippen LogP contribution in [0.3, 0.4) is 0 Å². The minimum absolute atomic E-state index is 0.522. The number of hydrogen-bond acceptors (Lipinski definition) is 5. The van der Waals surface area contributed by atoms with Gasteiger partial charge in [-0.3, -0.25) is 0 Å². The lowest BCUT2D eigenvalue weighted by Gasteiger charge is -2.14. The molecule has 2 aromatic carbocycles. The third-order valence-electron chi connectivity index (χ3n) is 4.54. The SMILES string of the molecule is CCOc1cc(CNCCCOc2ccccn2)ccc1OCc1ccc(C)cc1. The predicted octanol–water partition coefficient (Wildman–Crippen LogP) is 4.93. The van der Waals surface area contributed by atoms with Crippen molar-refractivity contribution in [1.82, 2.24) is 10.3 Å². The monoisotopic (exact) mass is 406 g/mol. The van der Waals surface area contributed by atoms with Crippen molar-refractivity contribution in [3.8, 4) is 17.4 Å². The Balaban J connectivity index is 1.44. The summed E-state index contributed by atoms with van der Waals surface area (Å²) in [4.78, 5) is 4.15. The van der Waals surface area contributed by atoms with Crippen LogP contribution in [0.5, 0.6) is 17.4 Å². The topological polar surface area (TPSA) is 52.6 Å². The van der Waals surface area contributed by atoms with Crippen LogP contribution in [0.4, 0.5) is 0 Å². The molecule has 158 valence electrons. The lowest BCUT2D eigenvalue weighted by atomic mass is 10.1. The Morgan fingerprint density at radius 1 is 0.867 bits per heavy atom. The number of ether oxygens (including phenoxy) is 3. The molecule has 0 aliphatic carbocycles. The summed E-state index contributed by atoms with van der Waals surface area (Å²) < 4.78 is 17.4. The highest BCUT2D eigenvalue weighted by atomic mass is 16.5. The average Bonchev–Trinajstić information content (AvgIpc) is 2.77. The molecule has 1 aromatic heterocycles. The molecule has 0 radical (unpaired) electrons. The number of rotatable bonds is 12. The van der Waals surface area contributed by atoms with Crippen LogP contribution < -0.4 is 19.5 Å². The molecule has 0 spiro atoms. The number of nitrogens with zero attached hydrogens (tertiary/aromatic N) is 1. The van der Waals surface area contributed by atoms with Gasteiger partial charge in [0.05, 0.1) is 13.2 Å². The molecule has 1 N–H and O–H groups in total. The molecule has 0 atom stereocenters. The highest BCUT2D eigenvalue weighted by Crippen LogP contribution is 2.29. The van der Waals surface area contributed by atoms with Gasteiger partial charge >= 0.3 is 0 Å². The third-order valence-corrected chi connectivity index (χ3v) is 4.54. The first kappa shape index (κ1) is 21.7. The van der Waals surface area contributed by atoms with Gasteiger partial charge in [-0.1, -0.05) is 42.0 Å². The van der Waals surface area contributed by atoms with Crippen molar-refractivity contribution < 1.29 is 14.2 Å². The predicted molar refractivity (Wildman–Crippen MR) is 119 cm³/mol. The molecular weight excluding hydrogens is 376 g/mol. The maximum Gasteiger partial charge on any atom is 0.213 e. The molecule has 1 heterocycles. The molecule has 30 heavy (non-hydrogen) atoms. The number of aryl methyl sites for hydroxylation is 1. The van der Waals surface area contributed by atoms with Gasteiger partial charge in [-0.05, 0) is 56.1 Å². The molecule has 0 saturated carbocycles. The summed E-state index contributed by atoms with van der Waals surface area (Å²) in [6.45, 7) is 7.45. The van der Waals surface area contributed by atoms with E-state index in [4.69, 9.17) is 14.2 Å². The molecule has 5 heteroatoms. The van der Waals surface area contributed by atoms with Gasteiger partial charge in [0, 0.05) is 18.8 Å². The van der Waals surface area contributed by atoms with Gasteiger partial charge in [0.25, 0.3) is 0 Å². The summed E-state index contributed by atoms with van der Waals surface area (Å²) in [5, 5.41) is 3.44. The van der Waals surface area contributed by atoms with Gasteiger partial charge in [0.2, 0.25) is 5.88 Å². The van der Waals surface area contributed by atoms with E-state index in [0.717, 1.165) is 42.1 Å². The second-order valence-electron chi connectivity index (χ2n) is 7.04. The van der Waals surface area contributed by atoms with Crippen molar-refractivity contribution in [3.05, 3.63) is 83.6 Å². The van der Waals surface area contributed by atoms with Crippen LogP contribution in [-0.2, 0) is 13.2 Å². The summed E-state index contributed by atoms with van der Waals surface area (Å²) in [6.07, 6.45) is 2.64. The summed E-state index contributed by atoms with van der Waals surface area (Å²) in [7, 11) is 0. The van der Waals surface area contributed by atoms with E-state index in [1.54, 1.807) is 6.20 Å². The van der Waals surface area contributed by atoms with Gasteiger partial charge in [0.15, 0.2) is 11.5 Å². The van der Waals surface area contributed by atoms with Crippen LogP contribution in [0.1, 0.15) is 30.0 Å². The molecule has 0 saturated heterocycles. The van der Waals surface area contributed by atoms with Crippen LogP contribution in [0.2, 0.25) is 0 Å². The zero-order valence-corrected chi connectivity index (χ0v) is 17.8. The molecule has 5 nitrogen and oxygen atoms in total. The minimum Gasteiger partial charge on any atom is -0.490 e. The van der Waals surface area contributed by atoms with E-state index in [2.05, 4.69) is 47.6 Å². The zero-order chi connectivity index (χ0) is 21.0. The van der Waals surface area contributed by atoms with Gasteiger partial charge in [0.1, 0.15) is 6.61 Å². The Morgan fingerprint density at radius 3 is 2.47 bits per heavy atom. The number of hydrogen-bond donors (Lipinski definition) is 1. The first-order valence-corrected chi connectivity index (χ1v) is 10.4. The number of benzene rings is 2. The van der Waals surface area contributed by atoms with E-state index >= 15 is 0 Å². The maximum atomic E-state index is 6.00. The zero-order valence-electron chi connectivity index (χ0n) is 17.8. The molecule has 0 fully saturated rings. The molecule has 0 unspecified atom stereocenters. The molecule has 0 aliphatic rings. The van der Waals surface area contributed by atoms with Gasteiger partial charge in [-0.25, -0.2) is 4.98 Å². The maximum absolute atomic E-state index is 6.00. The first-order chi connectivity index (χ1) is 14.7. The van der Waals surface area contributed by atoms with Crippen molar-refractivity contribution in [3.63, 3.8) is 0 Å². The average molecular weight is 407 g/mol. The van der Waals surface area contributed by atoms with E-state index in [1.165, 1.54) is 5.56 Å². The van der Waals surface area contributed by atoms with Crippen LogP contribution in [0.25, 0.3) is 0 Å². The third kappa shape index (κ3) is 7.08. The van der Waals surface area contributed by atoms with Crippen molar-refractivity contribution in [1.29, 1.82) is 0 Å². The van der Waals surface area contributed by atoms with Crippen molar-refractivity contribution in [2.24, 2.45) is 0 Å². The van der Waals surface area contributed by atoms with Crippen molar-refractivity contribution in [2.45, 2.75) is 33.4 Å². The number of nitrogens with one attached hydrogen (secondary N) is 1. The number of aromatic nitrogens is 1. The van der Waals surface area contributed by atoms with Gasteiger partial charge in [-0.15, -0.1) is 0 Å². The Labute approximate surface area is 179 Å².